The molecule has 0 aromatic heterocycles. The fourth-order valence-electron chi connectivity index (χ4n) is 2.87. The smallest absolute Gasteiger partial charge is 0.458 e. The minimum absolute atomic E-state index is 0.214. The summed E-state index contributed by atoms with van der Waals surface area (Å²) in [6.45, 7) is -0.214. The van der Waals surface area contributed by atoms with E-state index in [0.717, 1.165) is 0 Å². The van der Waals surface area contributed by atoms with E-state index in [9.17, 15) is 22.8 Å². The van der Waals surface area contributed by atoms with Crippen molar-refractivity contribution in [3.05, 3.63) is 35.9 Å². The normalized spacial score (nSPS) is 28.6. The topological polar surface area (TPSA) is 46.6 Å². The van der Waals surface area contributed by atoms with Gasteiger partial charge in [0.2, 0.25) is 0 Å². The first-order valence-electron chi connectivity index (χ1n) is 6.03. The average Bonchev–Trinajstić information content (AvgIpc) is 2.91. The molecule has 2 aliphatic heterocycles. The van der Waals surface area contributed by atoms with Crippen molar-refractivity contribution in [3.8, 4) is 0 Å². The van der Waals surface area contributed by atoms with Crippen LogP contribution in [0.4, 0.5) is 13.2 Å². The summed E-state index contributed by atoms with van der Waals surface area (Å²) in [4.78, 5) is 23.6. The molecule has 106 valence electrons. The van der Waals surface area contributed by atoms with Crippen LogP contribution in [0.15, 0.2) is 30.3 Å². The number of likely N-dealkylation sites (tertiary alicyclic amines) is 1. The molecular formula is C13H10F3NO3. The van der Waals surface area contributed by atoms with E-state index in [0.29, 0.717) is 10.5 Å². The lowest BCUT2D eigenvalue weighted by Crippen LogP contribution is -2.50. The second kappa shape index (κ2) is 4.22. The zero-order valence-corrected chi connectivity index (χ0v) is 10.1. The average molecular weight is 285 g/mol. The van der Waals surface area contributed by atoms with Crippen molar-refractivity contribution < 1.29 is 27.5 Å². The molecule has 0 N–H and O–H groups in total. The summed E-state index contributed by atoms with van der Waals surface area (Å²) in [6, 6.07) is 7.47. The summed E-state index contributed by atoms with van der Waals surface area (Å²) in [5.74, 6) is -3.29. The molecule has 4 nitrogen and oxygen atoms in total. The van der Waals surface area contributed by atoms with Gasteiger partial charge in [0.05, 0.1) is 12.5 Å². The molecule has 0 saturated carbocycles. The van der Waals surface area contributed by atoms with Gasteiger partial charge in [0.1, 0.15) is 12.1 Å². The van der Waals surface area contributed by atoms with Crippen molar-refractivity contribution in [2.24, 2.45) is 0 Å². The van der Waals surface area contributed by atoms with Crippen LogP contribution in [0.2, 0.25) is 0 Å². The molecule has 0 aliphatic carbocycles. The van der Waals surface area contributed by atoms with Crippen molar-refractivity contribution in [2.75, 3.05) is 6.54 Å². The number of halogens is 3. The number of fused-ring (bicyclic) bond motifs is 2. The fourth-order valence-corrected chi connectivity index (χ4v) is 2.87. The number of rotatable bonds is 1. The molecule has 0 unspecified atom stereocenters. The molecule has 2 fully saturated rings. The van der Waals surface area contributed by atoms with Crippen LogP contribution in [0.3, 0.4) is 0 Å². The van der Waals surface area contributed by atoms with E-state index < -0.39 is 36.1 Å². The molecule has 0 radical (unpaired) electrons. The first-order chi connectivity index (χ1) is 9.39. The fraction of sp³-hybridized carbons (Fsp3) is 0.385. The Bertz CT molecular complexity index is 558. The van der Waals surface area contributed by atoms with Crippen LogP contribution >= 0.6 is 0 Å². The number of morpholine rings is 1. The quantitative estimate of drug-likeness (QED) is 0.734. The summed E-state index contributed by atoms with van der Waals surface area (Å²) in [6.07, 6.45) is -5.69. The van der Waals surface area contributed by atoms with Gasteiger partial charge >= 0.3 is 18.1 Å². The number of esters is 1. The van der Waals surface area contributed by atoms with Crippen LogP contribution in [0.1, 0.15) is 11.5 Å². The molecule has 0 spiro atoms. The van der Waals surface area contributed by atoms with Crippen LogP contribution < -0.4 is 0 Å². The molecule has 3 atom stereocenters. The number of amides is 1. The molecular weight excluding hydrogens is 275 g/mol. The molecule has 2 bridgehead atoms. The van der Waals surface area contributed by atoms with Crippen LogP contribution in [0.25, 0.3) is 0 Å². The maximum Gasteiger partial charge on any atom is 0.471 e. The van der Waals surface area contributed by atoms with E-state index in [1.807, 2.05) is 0 Å². The van der Waals surface area contributed by atoms with E-state index in [2.05, 4.69) is 0 Å². The van der Waals surface area contributed by atoms with Gasteiger partial charge in [0, 0.05) is 0 Å². The SMILES string of the molecule is O=C1O[C@H]2CN(C(=O)C(F)(F)F)[C@@H]1[C@H]2c1ccccc1. The number of hydrogen-bond acceptors (Lipinski definition) is 3. The lowest BCUT2D eigenvalue weighted by atomic mass is 9.92. The Morgan fingerprint density at radius 3 is 2.50 bits per heavy atom. The van der Waals surface area contributed by atoms with Gasteiger partial charge in [-0.05, 0) is 5.56 Å². The highest BCUT2D eigenvalue weighted by Crippen LogP contribution is 2.43. The highest BCUT2D eigenvalue weighted by atomic mass is 19.4. The molecule has 7 heteroatoms. The zero-order valence-electron chi connectivity index (χ0n) is 10.1. The third-order valence-corrected chi connectivity index (χ3v) is 3.65. The number of hydrogen-bond donors (Lipinski definition) is 0. The summed E-state index contributed by atoms with van der Waals surface area (Å²) in [5.41, 5.74) is 0.700. The van der Waals surface area contributed by atoms with Crippen LogP contribution in [0, 0.1) is 0 Å². The number of alkyl halides is 3. The third-order valence-electron chi connectivity index (χ3n) is 3.65. The van der Waals surface area contributed by atoms with Crippen molar-refractivity contribution in [1.82, 2.24) is 4.90 Å². The highest BCUT2D eigenvalue weighted by molar-refractivity contribution is 5.91. The molecule has 2 aliphatic rings. The molecule has 1 aromatic carbocycles. The Hall–Kier alpha value is -2.05. The number of nitrogens with zero attached hydrogens (tertiary/aromatic N) is 1. The Kier molecular flexibility index (Phi) is 2.74. The Labute approximate surface area is 112 Å². The molecule has 1 amide bonds. The lowest BCUT2D eigenvalue weighted by molar-refractivity contribution is -0.191. The third kappa shape index (κ3) is 1.85. The number of ether oxygens (including phenoxy) is 1. The monoisotopic (exact) mass is 285 g/mol. The van der Waals surface area contributed by atoms with Crippen molar-refractivity contribution in [1.29, 1.82) is 0 Å². The van der Waals surface area contributed by atoms with Gasteiger partial charge in [-0.1, -0.05) is 30.3 Å². The van der Waals surface area contributed by atoms with Crippen molar-refractivity contribution in [2.45, 2.75) is 24.2 Å². The molecule has 1 aromatic rings. The zero-order chi connectivity index (χ0) is 14.5. The van der Waals surface area contributed by atoms with E-state index in [4.69, 9.17) is 4.74 Å². The van der Waals surface area contributed by atoms with Crippen molar-refractivity contribution >= 4 is 11.9 Å². The summed E-state index contributed by atoms with van der Waals surface area (Å²) < 4.78 is 42.6. The number of benzene rings is 1. The van der Waals surface area contributed by atoms with E-state index in [1.165, 1.54) is 0 Å². The first kappa shape index (κ1) is 13.0. The highest BCUT2D eigenvalue weighted by Gasteiger charge is 2.60. The van der Waals surface area contributed by atoms with Gasteiger partial charge in [-0.3, -0.25) is 4.79 Å². The van der Waals surface area contributed by atoms with Gasteiger partial charge in [-0.2, -0.15) is 13.2 Å². The van der Waals surface area contributed by atoms with E-state index in [-0.39, 0.29) is 6.54 Å². The Morgan fingerprint density at radius 1 is 1.25 bits per heavy atom. The molecule has 2 saturated heterocycles. The summed E-state index contributed by atoms with van der Waals surface area (Å²) in [7, 11) is 0. The van der Waals surface area contributed by atoms with Crippen LogP contribution in [-0.4, -0.2) is 41.6 Å². The van der Waals surface area contributed by atoms with Gasteiger partial charge in [0.25, 0.3) is 0 Å². The largest absolute Gasteiger partial charge is 0.471 e. The predicted octanol–water partition coefficient (Wildman–Crippen LogP) is 1.47. The predicted molar refractivity (Wildman–Crippen MR) is 60.6 cm³/mol. The molecule has 2 heterocycles. The molecule has 3 rings (SSSR count). The Balaban J connectivity index is 1.93. The molecule has 20 heavy (non-hydrogen) atoms. The van der Waals surface area contributed by atoms with Gasteiger partial charge in [0.15, 0.2) is 0 Å². The second-order valence-corrected chi connectivity index (χ2v) is 4.81. The van der Waals surface area contributed by atoms with E-state index in [1.54, 1.807) is 30.3 Å². The number of carbonyl (C=O) groups excluding carboxylic acids is 2. The standard InChI is InChI=1S/C13H10F3NO3/c14-13(15,16)12(19)17-6-8-9(10(17)11(18)20-8)7-4-2-1-3-5-7/h1-5,8-10H,6H2/t8-,9-,10+/m0/s1. The second-order valence-electron chi connectivity index (χ2n) is 4.81. The summed E-state index contributed by atoms with van der Waals surface area (Å²) >= 11 is 0. The minimum Gasteiger partial charge on any atom is -0.458 e. The summed E-state index contributed by atoms with van der Waals surface area (Å²) in [5, 5.41) is 0. The van der Waals surface area contributed by atoms with E-state index >= 15 is 0 Å². The van der Waals surface area contributed by atoms with Gasteiger partial charge in [-0.25, -0.2) is 4.79 Å². The lowest BCUT2D eigenvalue weighted by Gasteiger charge is -2.26. The maximum absolute atomic E-state index is 12.5. The van der Waals surface area contributed by atoms with Gasteiger partial charge < -0.3 is 9.64 Å². The first-order valence-corrected chi connectivity index (χ1v) is 6.03. The van der Waals surface area contributed by atoms with Crippen molar-refractivity contribution in [3.63, 3.8) is 0 Å². The number of carbonyl (C=O) groups is 2. The maximum atomic E-state index is 12.5. The minimum atomic E-state index is -4.98. The van der Waals surface area contributed by atoms with Crippen LogP contribution in [0.5, 0.6) is 0 Å². The Morgan fingerprint density at radius 2 is 1.90 bits per heavy atom. The van der Waals surface area contributed by atoms with Crippen LogP contribution in [-0.2, 0) is 14.3 Å². The van der Waals surface area contributed by atoms with Gasteiger partial charge in [-0.15, -0.1) is 0 Å².